The molecule has 0 amide bonds. The van der Waals surface area contributed by atoms with Gasteiger partial charge in [-0.05, 0) is 47.3 Å². The minimum atomic E-state index is 0.638. The van der Waals surface area contributed by atoms with Gasteiger partial charge in [0.05, 0.1) is 0 Å². The summed E-state index contributed by atoms with van der Waals surface area (Å²) >= 11 is 0. The molecule has 0 saturated heterocycles. The van der Waals surface area contributed by atoms with Crippen molar-refractivity contribution in [2.24, 2.45) is 11.8 Å². The summed E-state index contributed by atoms with van der Waals surface area (Å²) in [4.78, 5) is 0. The van der Waals surface area contributed by atoms with Crippen molar-refractivity contribution in [3.63, 3.8) is 0 Å². The standard InChI is InChI=1S/C13H20.2C5H12.C2H6/c1-9(2)12-7-6-8-13(10(3)4)11(12)5;2*1-4-5(2)3;1-2/h6-10H,1-5H3;2*5H,4H2,1-3H3;1-2H3. The van der Waals surface area contributed by atoms with Gasteiger partial charge in [0.25, 0.3) is 0 Å². The van der Waals surface area contributed by atoms with E-state index < -0.39 is 0 Å². The molecule has 0 spiro atoms. The molecule has 0 N–H and O–H groups in total. The molecule has 0 fully saturated rings. The Bertz CT molecular complexity index is 349. The number of rotatable bonds is 4. The first-order valence-corrected chi connectivity index (χ1v) is 10.7. The Morgan fingerprint density at radius 1 is 0.640 bits per heavy atom. The molecular formula is C25H50. The van der Waals surface area contributed by atoms with E-state index in [0.29, 0.717) is 11.8 Å². The Morgan fingerprint density at radius 2 is 0.880 bits per heavy atom. The highest BCUT2D eigenvalue weighted by molar-refractivity contribution is 5.37. The quantitative estimate of drug-likeness (QED) is 0.507. The maximum Gasteiger partial charge on any atom is -0.0216 e. The average molecular weight is 351 g/mol. The molecule has 0 aliphatic carbocycles. The zero-order valence-electron chi connectivity index (χ0n) is 20.0. The summed E-state index contributed by atoms with van der Waals surface area (Å²) in [7, 11) is 0. The predicted molar refractivity (Wildman–Crippen MR) is 121 cm³/mol. The number of benzene rings is 1. The van der Waals surface area contributed by atoms with Crippen molar-refractivity contribution in [1.82, 2.24) is 0 Å². The van der Waals surface area contributed by atoms with Crippen LogP contribution < -0.4 is 0 Å². The molecule has 0 saturated carbocycles. The molecule has 0 heterocycles. The first kappa shape index (κ1) is 29.0. The van der Waals surface area contributed by atoms with Crippen LogP contribution in [0.3, 0.4) is 0 Å². The van der Waals surface area contributed by atoms with Crippen molar-refractivity contribution < 1.29 is 0 Å². The van der Waals surface area contributed by atoms with Gasteiger partial charge in [-0.1, -0.05) is 114 Å². The number of hydrogen-bond acceptors (Lipinski definition) is 0. The van der Waals surface area contributed by atoms with E-state index in [-0.39, 0.29) is 0 Å². The van der Waals surface area contributed by atoms with Gasteiger partial charge >= 0.3 is 0 Å². The lowest BCUT2D eigenvalue weighted by Crippen LogP contribution is -1.98. The second kappa shape index (κ2) is 18.0. The van der Waals surface area contributed by atoms with E-state index in [4.69, 9.17) is 0 Å². The van der Waals surface area contributed by atoms with Crippen LogP contribution in [0.2, 0.25) is 0 Å². The van der Waals surface area contributed by atoms with Crippen molar-refractivity contribution in [3.05, 3.63) is 34.9 Å². The van der Waals surface area contributed by atoms with Gasteiger partial charge in [0.2, 0.25) is 0 Å². The second-order valence-corrected chi connectivity index (χ2v) is 7.98. The Morgan fingerprint density at radius 3 is 1.04 bits per heavy atom. The van der Waals surface area contributed by atoms with Gasteiger partial charge in [-0.2, -0.15) is 0 Å². The first-order chi connectivity index (χ1) is 11.6. The van der Waals surface area contributed by atoms with Crippen LogP contribution in [0.15, 0.2) is 18.2 Å². The fourth-order valence-corrected chi connectivity index (χ4v) is 1.92. The normalized spacial score (nSPS) is 9.96. The lowest BCUT2D eigenvalue weighted by atomic mass is 9.90. The molecule has 150 valence electrons. The minimum Gasteiger partial charge on any atom is -0.0683 e. The molecule has 1 aromatic carbocycles. The number of hydrogen-bond donors (Lipinski definition) is 0. The molecule has 0 bridgehead atoms. The van der Waals surface area contributed by atoms with Crippen molar-refractivity contribution in [2.75, 3.05) is 0 Å². The molecule has 0 atom stereocenters. The van der Waals surface area contributed by atoms with Gasteiger partial charge in [0.15, 0.2) is 0 Å². The maximum atomic E-state index is 2.26. The summed E-state index contributed by atoms with van der Waals surface area (Å²) in [6.45, 7) is 28.6. The lowest BCUT2D eigenvalue weighted by Gasteiger charge is -2.16. The smallest absolute Gasteiger partial charge is 0.0216 e. The SMILES string of the molecule is CC.CCC(C)C.CCC(C)C.Cc1c(C(C)C)cccc1C(C)C. The third kappa shape index (κ3) is 16.4. The van der Waals surface area contributed by atoms with Crippen molar-refractivity contribution in [1.29, 1.82) is 0 Å². The predicted octanol–water partition coefficient (Wildman–Crippen LogP) is 9.37. The topological polar surface area (TPSA) is 0 Å². The summed E-state index contributed by atoms with van der Waals surface area (Å²) in [5.74, 6) is 3.04. The second-order valence-electron chi connectivity index (χ2n) is 7.98. The van der Waals surface area contributed by atoms with E-state index in [9.17, 15) is 0 Å². The van der Waals surface area contributed by atoms with Gasteiger partial charge in [0.1, 0.15) is 0 Å². The molecule has 0 aliphatic rings. The van der Waals surface area contributed by atoms with E-state index in [1.165, 1.54) is 29.5 Å². The highest BCUT2D eigenvalue weighted by atomic mass is 14.1. The molecule has 0 radical (unpaired) electrons. The molecule has 0 nitrogen and oxygen atoms in total. The maximum absolute atomic E-state index is 2.26. The van der Waals surface area contributed by atoms with Crippen LogP contribution in [0.1, 0.15) is 124 Å². The average Bonchev–Trinajstić information content (AvgIpc) is 2.57. The van der Waals surface area contributed by atoms with Crippen LogP contribution in [0, 0.1) is 18.8 Å². The molecule has 0 unspecified atom stereocenters. The van der Waals surface area contributed by atoms with Crippen LogP contribution in [0.25, 0.3) is 0 Å². The zero-order valence-corrected chi connectivity index (χ0v) is 20.0. The summed E-state index contributed by atoms with van der Waals surface area (Å²) in [6, 6.07) is 6.66. The molecular weight excluding hydrogens is 300 g/mol. The monoisotopic (exact) mass is 350 g/mol. The van der Waals surface area contributed by atoms with E-state index in [2.05, 4.69) is 94.4 Å². The van der Waals surface area contributed by atoms with Crippen molar-refractivity contribution in [3.8, 4) is 0 Å². The van der Waals surface area contributed by atoms with E-state index in [0.717, 1.165) is 11.8 Å². The van der Waals surface area contributed by atoms with E-state index in [1.807, 2.05) is 13.8 Å². The molecule has 0 aromatic heterocycles. The van der Waals surface area contributed by atoms with Gasteiger partial charge in [-0.15, -0.1) is 0 Å². The Labute approximate surface area is 161 Å². The Hall–Kier alpha value is -0.780. The fraction of sp³-hybridized carbons (Fsp3) is 0.760. The molecule has 1 aromatic rings. The van der Waals surface area contributed by atoms with Crippen LogP contribution in [-0.2, 0) is 0 Å². The minimum absolute atomic E-state index is 0.638. The first-order valence-electron chi connectivity index (χ1n) is 10.7. The third-order valence-electron chi connectivity index (χ3n) is 4.29. The van der Waals surface area contributed by atoms with E-state index >= 15 is 0 Å². The van der Waals surface area contributed by atoms with Crippen LogP contribution in [0.4, 0.5) is 0 Å². The lowest BCUT2D eigenvalue weighted by molar-refractivity contribution is 0.626. The van der Waals surface area contributed by atoms with E-state index in [1.54, 1.807) is 0 Å². The third-order valence-corrected chi connectivity index (χ3v) is 4.29. The fourth-order valence-electron chi connectivity index (χ4n) is 1.92. The van der Waals surface area contributed by atoms with Gasteiger partial charge in [-0.25, -0.2) is 0 Å². The largest absolute Gasteiger partial charge is 0.0683 e. The summed E-state index contributed by atoms with van der Waals surface area (Å²) in [5, 5.41) is 0. The van der Waals surface area contributed by atoms with Crippen LogP contribution >= 0.6 is 0 Å². The molecule has 1 rings (SSSR count). The zero-order chi connectivity index (χ0) is 20.6. The summed E-state index contributed by atoms with van der Waals surface area (Å²) < 4.78 is 0. The highest BCUT2D eigenvalue weighted by Gasteiger charge is 2.08. The molecule has 25 heavy (non-hydrogen) atoms. The van der Waals surface area contributed by atoms with Crippen LogP contribution in [-0.4, -0.2) is 0 Å². The summed E-state index contributed by atoms with van der Waals surface area (Å²) in [5.41, 5.74) is 4.46. The molecule has 0 aliphatic heterocycles. The van der Waals surface area contributed by atoms with Crippen molar-refractivity contribution in [2.45, 2.75) is 115 Å². The Balaban J connectivity index is -0.000000336. The van der Waals surface area contributed by atoms with Crippen LogP contribution in [0.5, 0.6) is 0 Å². The van der Waals surface area contributed by atoms with Gasteiger partial charge in [-0.3, -0.25) is 0 Å². The molecule has 0 heteroatoms. The summed E-state index contributed by atoms with van der Waals surface area (Å²) in [6.07, 6.45) is 2.61. The van der Waals surface area contributed by atoms with Crippen molar-refractivity contribution >= 4 is 0 Å². The Kier molecular flexibility index (Phi) is 20.9. The van der Waals surface area contributed by atoms with Gasteiger partial charge in [0, 0.05) is 0 Å². The van der Waals surface area contributed by atoms with Gasteiger partial charge < -0.3 is 0 Å². The highest BCUT2D eigenvalue weighted by Crippen LogP contribution is 2.26.